The van der Waals surface area contributed by atoms with Crippen LogP contribution in [0, 0.1) is 0 Å². The number of hydrogen-bond donors (Lipinski definition) is 0. The molecule has 6 heteroatoms. The van der Waals surface area contributed by atoms with Crippen LogP contribution in [0.3, 0.4) is 0 Å². The molecule has 0 aliphatic rings. The molecule has 2 heterocycles. The molecule has 26 heavy (non-hydrogen) atoms. The number of imidazole rings is 1. The molecule has 0 N–H and O–H groups in total. The molecule has 0 saturated heterocycles. The Kier molecular flexibility index (Phi) is 6.04. The summed E-state index contributed by atoms with van der Waals surface area (Å²) in [5.74, 6) is -0.0619. The Morgan fingerprint density at radius 2 is 2.08 bits per heavy atom. The van der Waals surface area contributed by atoms with Crippen molar-refractivity contribution in [3.8, 4) is 5.69 Å². The molecule has 0 atom stereocenters. The first-order valence-corrected chi connectivity index (χ1v) is 9.25. The fourth-order valence-corrected chi connectivity index (χ4v) is 3.56. The molecule has 1 amide bonds. The third kappa shape index (κ3) is 4.71. The van der Waals surface area contributed by atoms with Gasteiger partial charge in [-0.3, -0.25) is 4.79 Å². The smallest absolute Gasteiger partial charge is 0.247 e. The summed E-state index contributed by atoms with van der Waals surface area (Å²) in [5.41, 5.74) is 1.98. The van der Waals surface area contributed by atoms with Gasteiger partial charge in [0.2, 0.25) is 5.91 Å². The molecule has 0 spiro atoms. The summed E-state index contributed by atoms with van der Waals surface area (Å²) >= 11 is 7.45. The normalized spacial score (nSPS) is 11.0. The third-order valence-electron chi connectivity index (χ3n) is 3.75. The highest BCUT2D eigenvalue weighted by Gasteiger charge is 2.11. The van der Waals surface area contributed by atoms with Gasteiger partial charge in [-0.2, -0.15) is 0 Å². The lowest BCUT2D eigenvalue weighted by molar-refractivity contribution is -0.126. The van der Waals surface area contributed by atoms with Gasteiger partial charge < -0.3 is 9.47 Å². The van der Waals surface area contributed by atoms with Gasteiger partial charge in [-0.15, -0.1) is 17.9 Å². The maximum atomic E-state index is 12.5. The molecule has 0 bridgehead atoms. The van der Waals surface area contributed by atoms with Crippen LogP contribution in [0.15, 0.2) is 73.9 Å². The monoisotopic (exact) mass is 383 g/mol. The first kappa shape index (κ1) is 18.2. The van der Waals surface area contributed by atoms with E-state index in [0.717, 1.165) is 20.5 Å². The number of aromatic nitrogens is 2. The molecule has 132 valence electrons. The zero-order valence-electron chi connectivity index (χ0n) is 14.1. The summed E-state index contributed by atoms with van der Waals surface area (Å²) in [6.45, 7) is 4.74. The molecule has 0 aliphatic heterocycles. The van der Waals surface area contributed by atoms with Gasteiger partial charge in [-0.1, -0.05) is 29.8 Å². The van der Waals surface area contributed by atoms with Gasteiger partial charge in [0.1, 0.15) is 0 Å². The van der Waals surface area contributed by atoms with E-state index in [1.54, 1.807) is 29.6 Å². The van der Waals surface area contributed by atoms with E-state index in [4.69, 9.17) is 11.6 Å². The SMILES string of the molecule is C=CCN(Cc1ccc(Cl)s1)C(=O)C=Cc1ccc(-n2ccnc2)cc1. The number of benzene rings is 1. The number of rotatable bonds is 7. The minimum atomic E-state index is -0.0619. The second kappa shape index (κ2) is 8.65. The number of carbonyl (C=O) groups is 1. The van der Waals surface area contributed by atoms with Gasteiger partial charge in [0.15, 0.2) is 0 Å². The lowest BCUT2D eigenvalue weighted by atomic mass is 10.2. The second-order valence-corrected chi connectivity index (χ2v) is 7.41. The van der Waals surface area contributed by atoms with Crippen molar-refractivity contribution in [3.05, 3.63) is 88.6 Å². The number of thiophene rings is 1. The zero-order valence-corrected chi connectivity index (χ0v) is 15.7. The first-order valence-electron chi connectivity index (χ1n) is 8.06. The third-order valence-corrected chi connectivity index (χ3v) is 4.97. The Balaban J connectivity index is 1.67. The van der Waals surface area contributed by atoms with Gasteiger partial charge in [-0.25, -0.2) is 4.98 Å². The van der Waals surface area contributed by atoms with Crippen molar-refractivity contribution in [3.63, 3.8) is 0 Å². The van der Waals surface area contributed by atoms with E-state index in [1.807, 2.05) is 53.2 Å². The predicted octanol–water partition coefficient (Wildman–Crippen LogP) is 4.82. The van der Waals surface area contributed by atoms with Crippen LogP contribution in [0.1, 0.15) is 10.4 Å². The Bertz CT molecular complexity index is 898. The molecule has 0 unspecified atom stereocenters. The lowest BCUT2D eigenvalue weighted by Gasteiger charge is -2.18. The maximum Gasteiger partial charge on any atom is 0.247 e. The number of nitrogens with zero attached hydrogens (tertiary/aromatic N) is 3. The molecule has 0 saturated carbocycles. The molecule has 4 nitrogen and oxygen atoms in total. The fraction of sp³-hybridized carbons (Fsp3) is 0.100. The molecule has 3 aromatic rings. The van der Waals surface area contributed by atoms with Crippen molar-refractivity contribution in [2.75, 3.05) is 6.54 Å². The molecular formula is C20H18ClN3OS. The quantitative estimate of drug-likeness (QED) is 0.433. The van der Waals surface area contributed by atoms with E-state index in [1.165, 1.54) is 11.3 Å². The minimum absolute atomic E-state index is 0.0619. The van der Waals surface area contributed by atoms with Crippen molar-refractivity contribution >= 4 is 34.9 Å². The molecular weight excluding hydrogens is 366 g/mol. The van der Waals surface area contributed by atoms with Crippen LogP contribution in [0.2, 0.25) is 4.34 Å². The number of hydrogen-bond acceptors (Lipinski definition) is 3. The molecule has 0 aliphatic carbocycles. The Morgan fingerprint density at radius 1 is 1.27 bits per heavy atom. The van der Waals surface area contributed by atoms with Crippen LogP contribution in [-0.4, -0.2) is 26.9 Å². The number of halogens is 1. The van der Waals surface area contributed by atoms with Crippen LogP contribution in [-0.2, 0) is 11.3 Å². The van der Waals surface area contributed by atoms with Crippen molar-refractivity contribution in [1.29, 1.82) is 0 Å². The van der Waals surface area contributed by atoms with E-state index >= 15 is 0 Å². The van der Waals surface area contributed by atoms with Gasteiger partial charge in [0.05, 0.1) is 17.2 Å². The average Bonchev–Trinajstić information content (AvgIpc) is 3.32. The van der Waals surface area contributed by atoms with E-state index < -0.39 is 0 Å². The van der Waals surface area contributed by atoms with Crippen LogP contribution in [0.25, 0.3) is 11.8 Å². The highest BCUT2D eigenvalue weighted by atomic mass is 35.5. The number of carbonyl (C=O) groups excluding carboxylic acids is 1. The predicted molar refractivity (Wildman–Crippen MR) is 108 cm³/mol. The number of amides is 1. The van der Waals surface area contributed by atoms with Crippen molar-refractivity contribution in [2.24, 2.45) is 0 Å². The van der Waals surface area contributed by atoms with Gasteiger partial charge in [0, 0.05) is 35.6 Å². The van der Waals surface area contributed by atoms with E-state index in [-0.39, 0.29) is 5.91 Å². The summed E-state index contributed by atoms with van der Waals surface area (Å²) in [6.07, 6.45) is 10.5. The summed E-state index contributed by atoms with van der Waals surface area (Å²) < 4.78 is 2.65. The van der Waals surface area contributed by atoms with Crippen LogP contribution in [0.4, 0.5) is 0 Å². The first-order chi connectivity index (χ1) is 12.7. The van der Waals surface area contributed by atoms with E-state index in [0.29, 0.717) is 13.1 Å². The molecule has 2 aromatic heterocycles. The average molecular weight is 384 g/mol. The largest absolute Gasteiger partial charge is 0.330 e. The van der Waals surface area contributed by atoms with E-state index in [2.05, 4.69) is 11.6 Å². The molecule has 3 rings (SSSR count). The van der Waals surface area contributed by atoms with E-state index in [9.17, 15) is 4.79 Å². The standard InChI is InChI=1S/C20H18ClN3OS/c1-2-12-23(14-18-8-9-19(21)26-18)20(25)10-5-16-3-6-17(7-4-16)24-13-11-22-15-24/h2-11,13,15H,1,12,14H2. The summed E-state index contributed by atoms with van der Waals surface area (Å²) in [7, 11) is 0. The van der Waals surface area contributed by atoms with Crippen LogP contribution in [0.5, 0.6) is 0 Å². The topological polar surface area (TPSA) is 38.1 Å². The Labute approximate surface area is 161 Å². The summed E-state index contributed by atoms with van der Waals surface area (Å²) in [6, 6.07) is 11.7. The Hall–Kier alpha value is -2.63. The van der Waals surface area contributed by atoms with Crippen molar-refractivity contribution in [2.45, 2.75) is 6.54 Å². The summed E-state index contributed by atoms with van der Waals surface area (Å²) in [5, 5.41) is 0. The van der Waals surface area contributed by atoms with Crippen LogP contribution < -0.4 is 0 Å². The van der Waals surface area contributed by atoms with Gasteiger partial charge >= 0.3 is 0 Å². The minimum Gasteiger partial charge on any atom is -0.330 e. The maximum absolute atomic E-state index is 12.5. The molecule has 0 fully saturated rings. The van der Waals surface area contributed by atoms with Crippen molar-refractivity contribution in [1.82, 2.24) is 14.5 Å². The van der Waals surface area contributed by atoms with Crippen molar-refractivity contribution < 1.29 is 4.79 Å². The highest BCUT2D eigenvalue weighted by Crippen LogP contribution is 2.23. The molecule has 1 aromatic carbocycles. The zero-order chi connectivity index (χ0) is 18.4. The van der Waals surface area contributed by atoms with Gasteiger partial charge in [0.25, 0.3) is 0 Å². The second-order valence-electron chi connectivity index (χ2n) is 5.61. The van der Waals surface area contributed by atoms with Crippen LogP contribution >= 0.6 is 22.9 Å². The molecule has 0 radical (unpaired) electrons. The lowest BCUT2D eigenvalue weighted by Crippen LogP contribution is -2.28. The Morgan fingerprint density at radius 3 is 2.69 bits per heavy atom. The summed E-state index contributed by atoms with van der Waals surface area (Å²) in [4.78, 5) is 19.3. The van der Waals surface area contributed by atoms with Gasteiger partial charge in [-0.05, 0) is 35.9 Å². The highest BCUT2D eigenvalue weighted by molar-refractivity contribution is 7.16. The fourth-order valence-electron chi connectivity index (χ4n) is 2.46.